The SMILES string of the molecule is c1ccc(Oc2ccc(-n3c4ccccc4c4cc(-c5ccc6c(c5)c5ccccc5n6-c5ccc(-n6c7ccccc7c7ccccc76)cc5)ccc43)cc2)cc1. The summed E-state index contributed by atoms with van der Waals surface area (Å²) in [5.41, 5.74) is 12.9. The summed E-state index contributed by atoms with van der Waals surface area (Å²) in [4.78, 5) is 0. The molecule has 12 rings (SSSR count). The van der Waals surface area contributed by atoms with E-state index in [1.165, 1.54) is 76.5 Å². The van der Waals surface area contributed by atoms with E-state index >= 15 is 0 Å². The highest BCUT2D eigenvalue weighted by Crippen LogP contribution is 2.39. The van der Waals surface area contributed by atoms with Gasteiger partial charge < -0.3 is 18.4 Å². The molecule has 0 aliphatic carbocycles. The Kier molecular flexibility index (Phi) is 7.20. The van der Waals surface area contributed by atoms with Gasteiger partial charge in [0.2, 0.25) is 0 Å². The van der Waals surface area contributed by atoms with Crippen molar-refractivity contribution in [2.75, 3.05) is 0 Å². The predicted molar refractivity (Wildman–Crippen MR) is 241 cm³/mol. The van der Waals surface area contributed by atoms with E-state index in [0.717, 1.165) is 28.6 Å². The molecule has 3 aromatic heterocycles. The van der Waals surface area contributed by atoms with Crippen LogP contribution in [0.5, 0.6) is 11.5 Å². The molecule has 0 radical (unpaired) electrons. The Hall–Kier alpha value is -7.82. The van der Waals surface area contributed by atoms with E-state index in [2.05, 4.69) is 184 Å². The highest BCUT2D eigenvalue weighted by atomic mass is 16.5. The summed E-state index contributed by atoms with van der Waals surface area (Å²) >= 11 is 0. The fraction of sp³-hybridized carbons (Fsp3) is 0. The highest BCUT2D eigenvalue weighted by molar-refractivity contribution is 6.13. The van der Waals surface area contributed by atoms with Crippen LogP contribution in [-0.2, 0) is 0 Å². The maximum absolute atomic E-state index is 6.11. The maximum Gasteiger partial charge on any atom is 0.127 e. The number of rotatable bonds is 6. The summed E-state index contributed by atoms with van der Waals surface area (Å²) in [5.74, 6) is 1.64. The van der Waals surface area contributed by atoms with Gasteiger partial charge in [0.05, 0.1) is 33.1 Å². The van der Waals surface area contributed by atoms with Crippen LogP contribution in [-0.4, -0.2) is 13.7 Å². The average Bonchev–Trinajstić information content (AvgIpc) is 3.92. The zero-order chi connectivity index (χ0) is 38.2. The Bertz CT molecular complexity index is 3460. The summed E-state index contributed by atoms with van der Waals surface area (Å²) in [6, 6.07) is 75.9. The fourth-order valence-electron chi connectivity index (χ4n) is 9.10. The summed E-state index contributed by atoms with van der Waals surface area (Å²) in [6.07, 6.45) is 0. The molecule has 0 aliphatic heterocycles. The molecule has 0 saturated carbocycles. The van der Waals surface area contributed by atoms with E-state index in [1.807, 2.05) is 42.5 Å². The molecule has 0 amide bonds. The number of benzene rings is 9. The topological polar surface area (TPSA) is 24.0 Å². The monoisotopic (exact) mass is 741 g/mol. The first-order chi connectivity index (χ1) is 28.8. The normalized spacial score (nSPS) is 11.8. The predicted octanol–water partition coefficient (Wildman–Crippen LogP) is 14.4. The smallest absolute Gasteiger partial charge is 0.127 e. The Morgan fingerprint density at radius 1 is 0.241 bits per heavy atom. The number of fused-ring (bicyclic) bond motifs is 9. The van der Waals surface area contributed by atoms with Gasteiger partial charge in [0.15, 0.2) is 0 Å². The van der Waals surface area contributed by atoms with E-state index < -0.39 is 0 Å². The molecule has 0 unspecified atom stereocenters. The Morgan fingerprint density at radius 3 is 0.966 bits per heavy atom. The van der Waals surface area contributed by atoms with Crippen LogP contribution in [0, 0.1) is 0 Å². The van der Waals surface area contributed by atoms with Crippen LogP contribution in [0.3, 0.4) is 0 Å². The van der Waals surface area contributed by atoms with Crippen molar-refractivity contribution in [3.05, 3.63) is 212 Å². The second-order valence-electron chi connectivity index (χ2n) is 15.0. The molecule has 4 nitrogen and oxygen atoms in total. The lowest BCUT2D eigenvalue weighted by atomic mass is 10.0. The molecule has 58 heavy (non-hydrogen) atoms. The number of nitrogens with zero attached hydrogens (tertiary/aromatic N) is 3. The molecule has 0 fully saturated rings. The molecule has 0 bridgehead atoms. The van der Waals surface area contributed by atoms with Crippen LogP contribution < -0.4 is 4.74 Å². The molecular weight excluding hydrogens is 707 g/mol. The van der Waals surface area contributed by atoms with Gasteiger partial charge in [-0.3, -0.25) is 0 Å². The third-order valence-corrected chi connectivity index (χ3v) is 11.7. The minimum absolute atomic E-state index is 0.811. The minimum Gasteiger partial charge on any atom is -0.457 e. The largest absolute Gasteiger partial charge is 0.457 e. The highest BCUT2D eigenvalue weighted by Gasteiger charge is 2.17. The van der Waals surface area contributed by atoms with Gasteiger partial charge in [-0.1, -0.05) is 103 Å². The van der Waals surface area contributed by atoms with Gasteiger partial charge in [0.25, 0.3) is 0 Å². The van der Waals surface area contributed by atoms with Crippen LogP contribution in [0.1, 0.15) is 0 Å². The standard InChI is InChI=1S/C54H35N3O/c1-2-12-41(13-3-1)58-42-30-28-40(29-31-42)57-52-21-11-7-17-46(52)48-35-37(23-33-54(48)57)36-22-32-53-47(34-36)45-16-6-10-20-51(45)56(53)39-26-24-38(25-27-39)55-49-18-8-4-14-43(49)44-15-5-9-19-50(44)55/h1-35H. The fourth-order valence-corrected chi connectivity index (χ4v) is 9.10. The molecule has 0 N–H and O–H groups in total. The van der Waals surface area contributed by atoms with Gasteiger partial charge in [-0.2, -0.15) is 0 Å². The molecule has 9 aromatic carbocycles. The molecule has 3 heterocycles. The van der Waals surface area contributed by atoms with Gasteiger partial charge >= 0.3 is 0 Å². The van der Waals surface area contributed by atoms with Crippen molar-refractivity contribution in [1.29, 1.82) is 0 Å². The van der Waals surface area contributed by atoms with Crippen LogP contribution >= 0.6 is 0 Å². The van der Waals surface area contributed by atoms with Crippen molar-refractivity contribution in [1.82, 2.24) is 13.7 Å². The summed E-state index contributed by atoms with van der Waals surface area (Å²) in [6.45, 7) is 0. The van der Waals surface area contributed by atoms with Crippen LogP contribution in [0.15, 0.2) is 212 Å². The molecule has 0 atom stereocenters. The van der Waals surface area contributed by atoms with Crippen molar-refractivity contribution in [2.24, 2.45) is 0 Å². The lowest BCUT2D eigenvalue weighted by Gasteiger charge is -2.12. The van der Waals surface area contributed by atoms with E-state index in [1.54, 1.807) is 0 Å². The summed E-state index contributed by atoms with van der Waals surface area (Å²) < 4.78 is 13.2. The first-order valence-corrected chi connectivity index (χ1v) is 19.8. The zero-order valence-corrected chi connectivity index (χ0v) is 31.5. The van der Waals surface area contributed by atoms with Crippen LogP contribution in [0.25, 0.3) is 93.6 Å². The molecular formula is C54H35N3O. The summed E-state index contributed by atoms with van der Waals surface area (Å²) in [7, 11) is 0. The quantitative estimate of drug-likeness (QED) is 0.166. The third kappa shape index (κ3) is 5.02. The summed E-state index contributed by atoms with van der Waals surface area (Å²) in [5, 5.41) is 7.47. The molecule has 12 aromatic rings. The number of aromatic nitrogens is 3. The average molecular weight is 742 g/mol. The lowest BCUT2D eigenvalue weighted by Crippen LogP contribution is -1.97. The van der Waals surface area contributed by atoms with E-state index in [0.29, 0.717) is 0 Å². The lowest BCUT2D eigenvalue weighted by molar-refractivity contribution is 0.482. The first kappa shape index (κ1) is 32.4. The molecule has 4 heteroatoms. The van der Waals surface area contributed by atoms with Gasteiger partial charge in [0, 0.05) is 49.4 Å². The van der Waals surface area contributed by atoms with E-state index in [4.69, 9.17) is 4.74 Å². The number of ether oxygens (including phenoxy) is 1. The Labute approximate surface area is 334 Å². The third-order valence-electron chi connectivity index (χ3n) is 11.7. The van der Waals surface area contributed by atoms with Crippen molar-refractivity contribution in [3.63, 3.8) is 0 Å². The maximum atomic E-state index is 6.11. The second kappa shape index (κ2) is 12.9. The van der Waals surface area contributed by atoms with Gasteiger partial charge in [0.1, 0.15) is 11.5 Å². The van der Waals surface area contributed by atoms with E-state index in [-0.39, 0.29) is 0 Å². The van der Waals surface area contributed by atoms with Crippen molar-refractivity contribution < 1.29 is 4.74 Å². The number of para-hydroxylation sites is 5. The van der Waals surface area contributed by atoms with Crippen molar-refractivity contribution in [3.8, 4) is 39.7 Å². The van der Waals surface area contributed by atoms with Crippen molar-refractivity contribution in [2.45, 2.75) is 0 Å². The zero-order valence-electron chi connectivity index (χ0n) is 31.5. The Balaban J connectivity index is 0.940. The molecule has 272 valence electrons. The van der Waals surface area contributed by atoms with Crippen LogP contribution in [0.4, 0.5) is 0 Å². The first-order valence-electron chi connectivity index (χ1n) is 19.8. The second-order valence-corrected chi connectivity index (χ2v) is 15.0. The van der Waals surface area contributed by atoms with Gasteiger partial charge in [-0.25, -0.2) is 0 Å². The van der Waals surface area contributed by atoms with Gasteiger partial charge in [-0.15, -0.1) is 0 Å². The molecule has 0 saturated heterocycles. The van der Waals surface area contributed by atoms with Crippen LogP contribution in [0.2, 0.25) is 0 Å². The minimum atomic E-state index is 0.811. The van der Waals surface area contributed by atoms with Gasteiger partial charge in [-0.05, 0) is 120 Å². The number of hydrogen-bond donors (Lipinski definition) is 0. The molecule has 0 spiro atoms. The Morgan fingerprint density at radius 2 is 0.552 bits per heavy atom. The van der Waals surface area contributed by atoms with E-state index in [9.17, 15) is 0 Å². The molecule has 0 aliphatic rings. The number of hydrogen-bond acceptors (Lipinski definition) is 1. The van der Waals surface area contributed by atoms with Crippen molar-refractivity contribution >= 4 is 65.4 Å².